The Bertz CT molecular complexity index is 635. The highest BCUT2D eigenvalue weighted by atomic mass is 79.9. The molecule has 0 saturated carbocycles. The minimum atomic E-state index is 0.130. The highest BCUT2D eigenvalue weighted by Crippen LogP contribution is 2.29. The SMILES string of the molecule is O=C1CCOc2cc(OCc3ccc(Br)cc3)ccc21. The Hall–Kier alpha value is -1.81. The van der Waals surface area contributed by atoms with Crippen molar-refractivity contribution >= 4 is 21.7 Å². The van der Waals surface area contributed by atoms with Crippen LogP contribution in [0.15, 0.2) is 46.9 Å². The Morgan fingerprint density at radius 3 is 2.75 bits per heavy atom. The Labute approximate surface area is 125 Å². The summed E-state index contributed by atoms with van der Waals surface area (Å²) in [5, 5.41) is 0. The van der Waals surface area contributed by atoms with Crippen LogP contribution < -0.4 is 9.47 Å². The fourth-order valence-corrected chi connectivity index (χ4v) is 2.34. The normalized spacial score (nSPS) is 13.6. The van der Waals surface area contributed by atoms with E-state index in [0.717, 1.165) is 10.0 Å². The second-order valence-electron chi connectivity index (χ2n) is 4.59. The lowest BCUT2D eigenvalue weighted by molar-refractivity contribution is 0.0933. The molecule has 0 aromatic heterocycles. The maximum atomic E-state index is 11.7. The first-order chi connectivity index (χ1) is 9.72. The predicted octanol–water partition coefficient (Wildman–Crippen LogP) is 3.99. The molecule has 0 amide bonds. The molecule has 1 aliphatic rings. The molecule has 102 valence electrons. The van der Waals surface area contributed by atoms with Gasteiger partial charge in [0.15, 0.2) is 5.78 Å². The van der Waals surface area contributed by atoms with E-state index in [4.69, 9.17) is 9.47 Å². The Kier molecular flexibility index (Phi) is 3.74. The molecule has 0 aliphatic carbocycles. The first kappa shape index (κ1) is 13.2. The molecule has 0 N–H and O–H groups in total. The number of ether oxygens (including phenoxy) is 2. The van der Waals surface area contributed by atoms with E-state index in [1.54, 1.807) is 12.1 Å². The average molecular weight is 333 g/mol. The molecule has 2 aromatic rings. The van der Waals surface area contributed by atoms with E-state index in [-0.39, 0.29) is 5.78 Å². The van der Waals surface area contributed by atoms with Crippen molar-refractivity contribution in [1.29, 1.82) is 0 Å². The van der Waals surface area contributed by atoms with Crippen molar-refractivity contribution in [1.82, 2.24) is 0 Å². The molecular formula is C16H13BrO3. The van der Waals surface area contributed by atoms with Gasteiger partial charge in [0.05, 0.1) is 12.2 Å². The van der Waals surface area contributed by atoms with Gasteiger partial charge >= 0.3 is 0 Å². The van der Waals surface area contributed by atoms with Crippen LogP contribution >= 0.6 is 15.9 Å². The van der Waals surface area contributed by atoms with Crippen LogP contribution in [0.2, 0.25) is 0 Å². The zero-order valence-electron chi connectivity index (χ0n) is 10.8. The number of carbonyl (C=O) groups is 1. The third kappa shape index (κ3) is 2.85. The van der Waals surface area contributed by atoms with Gasteiger partial charge in [-0.1, -0.05) is 28.1 Å². The second kappa shape index (κ2) is 5.67. The summed E-state index contributed by atoms with van der Waals surface area (Å²) in [4.78, 5) is 11.7. The van der Waals surface area contributed by atoms with Crippen LogP contribution in [-0.2, 0) is 6.61 Å². The number of hydrogen-bond donors (Lipinski definition) is 0. The molecule has 0 unspecified atom stereocenters. The Morgan fingerprint density at radius 1 is 1.15 bits per heavy atom. The van der Waals surface area contributed by atoms with Gasteiger partial charge in [0.25, 0.3) is 0 Å². The number of rotatable bonds is 3. The summed E-state index contributed by atoms with van der Waals surface area (Å²) in [6, 6.07) is 13.3. The molecule has 1 heterocycles. The number of fused-ring (bicyclic) bond motifs is 1. The Balaban J connectivity index is 1.72. The topological polar surface area (TPSA) is 35.5 Å². The summed E-state index contributed by atoms with van der Waals surface area (Å²) in [7, 11) is 0. The Morgan fingerprint density at radius 2 is 1.95 bits per heavy atom. The first-order valence-electron chi connectivity index (χ1n) is 6.40. The van der Waals surface area contributed by atoms with Gasteiger partial charge in [-0.25, -0.2) is 0 Å². The quantitative estimate of drug-likeness (QED) is 0.852. The monoisotopic (exact) mass is 332 g/mol. The zero-order valence-corrected chi connectivity index (χ0v) is 12.4. The number of hydrogen-bond acceptors (Lipinski definition) is 3. The molecule has 0 atom stereocenters. The molecule has 2 aromatic carbocycles. The van der Waals surface area contributed by atoms with Gasteiger partial charge in [0.1, 0.15) is 18.1 Å². The maximum absolute atomic E-state index is 11.7. The molecule has 0 saturated heterocycles. The fourth-order valence-electron chi connectivity index (χ4n) is 2.08. The van der Waals surface area contributed by atoms with E-state index in [1.165, 1.54) is 0 Å². The number of benzene rings is 2. The summed E-state index contributed by atoms with van der Waals surface area (Å²) in [6.07, 6.45) is 0.450. The number of halogens is 1. The molecule has 1 aliphatic heterocycles. The smallest absolute Gasteiger partial charge is 0.169 e. The van der Waals surface area contributed by atoms with Crippen molar-refractivity contribution in [2.45, 2.75) is 13.0 Å². The summed E-state index contributed by atoms with van der Waals surface area (Å²) in [6.45, 7) is 0.933. The summed E-state index contributed by atoms with van der Waals surface area (Å²) in [5.41, 5.74) is 1.73. The van der Waals surface area contributed by atoms with Crippen LogP contribution in [0.3, 0.4) is 0 Å². The van der Waals surface area contributed by atoms with Gasteiger partial charge in [-0.3, -0.25) is 4.79 Å². The van der Waals surface area contributed by atoms with Crippen LogP contribution in [0.25, 0.3) is 0 Å². The molecule has 0 spiro atoms. The molecule has 20 heavy (non-hydrogen) atoms. The highest BCUT2D eigenvalue weighted by Gasteiger charge is 2.18. The third-order valence-electron chi connectivity index (χ3n) is 3.16. The molecular weight excluding hydrogens is 320 g/mol. The maximum Gasteiger partial charge on any atom is 0.169 e. The van der Waals surface area contributed by atoms with E-state index in [1.807, 2.05) is 30.3 Å². The highest BCUT2D eigenvalue weighted by molar-refractivity contribution is 9.10. The van der Waals surface area contributed by atoms with Crippen LogP contribution in [0.1, 0.15) is 22.3 Å². The van der Waals surface area contributed by atoms with Crippen molar-refractivity contribution < 1.29 is 14.3 Å². The second-order valence-corrected chi connectivity index (χ2v) is 5.51. The van der Waals surface area contributed by atoms with Crippen LogP contribution in [0.4, 0.5) is 0 Å². The van der Waals surface area contributed by atoms with E-state index >= 15 is 0 Å². The average Bonchev–Trinajstić information content (AvgIpc) is 2.47. The van der Waals surface area contributed by atoms with Crippen molar-refractivity contribution in [3.63, 3.8) is 0 Å². The van der Waals surface area contributed by atoms with Gasteiger partial charge in [0, 0.05) is 17.0 Å². The van der Waals surface area contributed by atoms with E-state index in [2.05, 4.69) is 15.9 Å². The van der Waals surface area contributed by atoms with Gasteiger partial charge in [0.2, 0.25) is 0 Å². The number of carbonyl (C=O) groups excluding carboxylic acids is 1. The van der Waals surface area contributed by atoms with Gasteiger partial charge < -0.3 is 9.47 Å². The number of Topliss-reactive ketones (excluding diaryl/α,β-unsaturated/α-hetero) is 1. The summed E-state index contributed by atoms with van der Waals surface area (Å²) in [5.74, 6) is 1.46. The largest absolute Gasteiger partial charge is 0.492 e. The van der Waals surface area contributed by atoms with Gasteiger partial charge in [-0.15, -0.1) is 0 Å². The van der Waals surface area contributed by atoms with Gasteiger partial charge in [-0.05, 0) is 29.8 Å². The van der Waals surface area contributed by atoms with Crippen molar-refractivity contribution in [3.8, 4) is 11.5 Å². The molecule has 3 rings (SSSR count). The first-order valence-corrected chi connectivity index (χ1v) is 7.19. The molecule has 3 nitrogen and oxygen atoms in total. The van der Waals surface area contributed by atoms with E-state index in [0.29, 0.717) is 36.7 Å². The fraction of sp³-hybridized carbons (Fsp3) is 0.188. The van der Waals surface area contributed by atoms with Crippen LogP contribution in [-0.4, -0.2) is 12.4 Å². The molecule has 4 heteroatoms. The standard InChI is InChI=1S/C16H13BrO3/c17-12-3-1-11(2-4-12)10-20-13-5-6-14-15(18)7-8-19-16(14)9-13/h1-6,9H,7-8,10H2. The summed E-state index contributed by atoms with van der Waals surface area (Å²) < 4.78 is 12.3. The zero-order chi connectivity index (χ0) is 13.9. The third-order valence-corrected chi connectivity index (χ3v) is 3.69. The van der Waals surface area contributed by atoms with E-state index < -0.39 is 0 Å². The predicted molar refractivity (Wildman–Crippen MR) is 79.4 cm³/mol. The van der Waals surface area contributed by atoms with Crippen molar-refractivity contribution in [2.24, 2.45) is 0 Å². The van der Waals surface area contributed by atoms with E-state index in [9.17, 15) is 4.79 Å². The van der Waals surface area contributed by atoms with Crippen molar-refractivity contribution in [3.05, 3.63) is 58.1 Å². The molecule has 0 fully saturated rings. The number of ketones is 1. The minimum Gasteiger partial charge on any atom is -0.492 e. The molecule has 0 radical (unpaired) electrons. The lowest BCUT2D eigenvalue weighted by Crippen LogP contribution is -2.15. The summed E-state index contributed by atoms with van der Waals surface area (Å²) >= 11 is 3.40. The molecule has 0 bridgehead atoms. The lowest BCUT2D eigenvalue weighted by atomic mass is 10.1. The van der Waals surface area contributed by atoms with Crippen LogP contribution in [0.5, 0.6) is 11.5 Å². The minimum absolute atomic E-state index is 0.130. The lowest BCUT2D eigenvalue weighted by Gasteiger charge is -2.17. The van der Waals surface area contributed by atoms with Crippen molar-refractivity contribution in [2.75, 3.05) is 6.61 Å². The van der Waals surface area contributed by atoms with Crippen LogP contribution in [0, 0.1) is 0 Å². The van der Waals surface area contributed by atoms with Gasteiger partial charge in [-0.2, -0.15) is 0 Å².